The highest BCUT2D eigenvalue weighted by Crippen LogP contribution is 2.21. The highest BCUT2D eigenvalue weighted by Gasteiger charge is 2.16. The van der Waals surface area contributed by atoms with Gasteiger partial charge in [-0.25, -0.2) is 9.67 Å². The number of halogens is 2. The van der Waals surface area contributed by atoms with Gasteiger partial charge in [0.1, 0.15) is 22.9 Å². The van der Waals surface area contributed by atoms with Crippen LogP contribution in [0.3, 0.4) is 0 Å². The molecule has 2 N–H and O–H groups in total. The maximum Gasteiger partial charge on any atom is 0.266 e. The quantitative estimate of drug-likeness (QED) is 0.622. The Morgan fingerprint density at radius 1 is 1.33 bits per heavy atom. The molecule has 3 aromatic rings. The van der Waals surface area contributed by atoms with E-state index in [1.54, 1.807) is 13.1 Å². The van der Waals surface area contributed by atoms with Crippen LogP contribution in [-0.2, 0) is 18.4 Å². The zero-order valence-corrected chi connectivity index (χ0v) is 16.6. The Bertz CT molecular complexity index is 1120. The summed E-state index contributed by atoms with van der Waals surface area (Å²) < 4.78 is 3.01. The molecular weight excluding hydrogens is 440 g/mol. The summed E-state index contributed by atoms with van der Waals surface area (Å²) in [6, 6.07) is 4.53. The van der Waals surface area contributed by atoms with Gasteiger partial charge in [-0.2, -0.15) is 5.10 Å². The van der Waals surface area contributed by atoms with E-state index >= 15 is 0 Å². The lowest BCUT2D eigenvalue weighted by Gasteiger charge is -2.09. The molecule has 0 atom stereocenters. The summed E-state index contributed by atoms with van der Waals surface area (Å²) in [5, 5.41) is 9.75. The molecule has 0 aliphatic heterocycles. The molecule has 0 fully saturated rings. The number of hydrogen-bond acceptors (Lipinski definition) is 5. The molecule has 140 valence electrons. The van der Waals surface area contributed by atoms with Gasteiger partial charge in [0.05, 0.1) is 10.6 Å². The van der Waals surface area contributed by atoms with Gasteiger partial charge in [-0.1, -0.05) is 11.6 Å². The lowest BCUT2D eigenvalue weighted by molar-refractivity contribution is -0.116. The minimum atomic E-state index is -0.455. The molecule has 27 heavy (non-hydrogen) atoms. The average molecular weight is 454 g/mol. The van der Waals surface area contributed by atoms with Gasteiger partial charge in [-0.05, 0) is 34.1 Å². The number of carbonyl (C=O) groups is 2. The number of aryl methyl sites for hydroxylation is 1. The Kier molecular flexibility index (Phi) is 5.29. The SMILES string of the molecule is CNC(=O)c1cc(NC(=O)Cn2cnc3c(c(Br)nn3C)c2=O)ccc1Cl. The third kappa shape index (κ3) is 3.71. The Hall–Kier alpha value is -2.72. The zero-order chi connectivity index (χ0) is 19.7. The number of anilines is 1. The van der Waals surface area contributed by atoms with Crippen LogP contribution in [0.4, 0.5) is 5.69 Å². The smallest absolute Gasteiger partial charge is 0.266 e. The number of fused-ring (bicyclic) bond motifs is 1. The molecule has 2 heterocycles. The molecule has 0 radical (unpaired) electrons. The molecule has 0 saturated carbocycles. The minimum Gasteiger partial charge on any atom is -0.355 e. The Morgan fingerprint density at radius 2 is 2.07 bits per heavy atom. The fourth-order valence-corrected chi connectivity index (χ4v) is 3.30. The number of rotatable bonds is 4. The number of nitrogens with one attached hydrogen (secondary N) is 2. The molecule has 0 aliphatic carbocycles. The van der Waals surface area contributed by atoms with E-state index in [2.05, 4.69) is 36.6 Å². The Balaban J connectivity index is 1.84. The first-order valence-corrected chi connectivity index (χ1v) is 8.88. The van der Waals surface area contributed by atoms with Crippen LogP contribution in [0.15, 0.2) is 33.9 Å². The van der Waals surface area contributed by atoms with E-state index in [-0.39, 0.29) is 23.0 Å². The first kappa shape index (κ1) is 19.1. The van der Waals surface area contributed by atoms with Crippen LogP contribution < -0.4 is 16.2 Å². The molecule has 0 unspecified atom stereocenters. The molecule has 0 spiro atoms. The molecule has 11 heteroatoms. The predicted molar refractivity (Wildman–Crippen MR) is 104 cm³/mol. The molecule has 0 aliphatic rings. The maximum atomic E-state index is 12.6. The summed E-state index contributed by atoms with van der Waals surface area (Å²) in [4.78, 5) is 40.9. The third-order valence-electron chi connectivity index (χ3n) is 3.80. The number of aromatic nitrogens is 4. The van der Waals surface area contributed by atoms with E-state index < -0.39 is 11.5 Å². The second-order valence-electron chi connectivity index (χ2n) is 5.61. The Labute approximate surface area is 166 Å². The topological polar surface area (TPSA) is 111 Å². The fourth-order valence-electron chi connectivity index (χ4n) is 2.52. The van der Waals surface area contributed by atoms with Crippen molar-refractivity contribution in [3.63, 3.8) is 0 Å². The number of nitrogens with zero attached hydrogens (tertiary/aromatic N) is 4. The van der Waals surface area contributed by atoms with Crippen molar-refractivity contribution in [2.45, 2.75) is 6.54 Å². The summed E-state index contributed by atoms with van der Waals surface area (Å²) in [6.45, 7) is -0.249. The molecule has 0 saturated heterocycles. The van der Waals surface area contributed by atoms with E-state index in [4.69, 9.17) is 11.6 Å². The van der Waals surface area contributed by atoms with E-state index in [1.807, 2.05) is 0 Å². The zero-order valence-electron chi connectivity index (χ0n) is 14.3. The summed E-state index contributed by atoms with van der Waals surface area (Å²) >= 11 is 9.21. The van der Waals surface area contributed by atoms with Crippen LogP contribution in [0.5, 0.6) is 0 Å². The average Bonchev–Trinajstić information content (AvgIpc) is 2.92. The van der Waals surface area contributed by atoms with Crippen molar-refractivity contribution in [1.82, 2.24) is 24.6 Å². The molecular formula is C16H14BrClN6O3. The monoisotopic (exact) mass is 452 g/mol. The standard InChI is InChI=1S/C16H14BrClN6O3/c1-19-15(26)9-5-8(3-4-10(9)18)21-11(25)6-24-7-20-14-12(16(24)27)13(17)22-23(14)2/h3-5,7H,6H2,1-2H3,(H,19,26)(H,21,25). The van der Waals surface area contributed by atoms with Gasteiger partial charge >= 0.3 is 0 Å². The van der Waals surface area contributed by atoms with Crippen LogP contribution in [0.1, 0.15) is 10.4 Å². The van der Waals surface area contributed by atoms with E-state index in [1.165, 1.54) is 34.8 Å². The number of hydrogen-bond donors (Lipinski definition) is 2. The van der Waals surface area contributed by atoms with Crippen LogP contribution >= 0.6 is 27.5 Å². The van der Waals surface area contributed by atoms with Crippen LogP contribution in [-0.4, -0.2) is 38.2 Å². The third-order valence-corrected chi connectivity index (χ3v) is 4.69. The van der Waals surface area contributed by atoms with Crippen molar-refractivity contribution in [3.05, 3.63) is 50.1 Å². The second kappa shape index (κ2) is 7.49. The summed E-state index contributed by atoms with van der Waals surface area (Å²) in [5.41, 5.74) is 0.637. The van der Waals surface area contributed by atoms with Crippen molar-refractivity contribution in [3.8, 4) is 0 Å². The van der Waals surface area contributed by atoms with Crippen molar-refractivity contribution in [1.29, 1.82) is 0 Å². The Morgan fingerprint density at radius 3 is 2.78 bits per heavy atom. The van der Waals surface area contributed by atoms with Gasteiger partial charge in [0, 0.05) is 19.8 Å². The molecule has 0 bridgehead atoms. The normalized spacial score (nSPS) is 10.8. The van der Waals surface area contributed by atoms with Crippen molar-refractivity contribution in [2.24, 2.45) is 7.05 Å². The maximum absolute atomic E-state index is 12.6. The summed E-state index contributed by atoms with van der Waals surface area (Å²) in [5.74, 6) is -0.827. The molecule has 9 nitrogen and oxygen atoms in total. The largest absolute Gasteiger partial charge is 0.355 e. The van der Waals surface area contributed by atoms with E-state index in [0.29, 0.717) is 21.3 Å². The highest BCUT2D eigenvalue weighted by molar-refractivity contribution is 9.10. The van der Waals surface area contributed by atoms with Crippen LogP contribution in [0, 0.1) is 0 Å². The molecule has 3 rings (SSSR count). The van der Waals surface area contributed by atoms with Gasteiger partial charge in [-0.3, -0.25) is 19.0 Å². The number of benzene rings is 1. The van der Waals surface area contributed by atoms with Gasteiger partial charge < -0.3 is 10.6 Å². The lowest BCUT2D eigenvalue weighted by atomic mass is 10.2. The van der Waals surface area contributed by atoms with E-state index in [9.17, 15) is 14.4 Å². The van der Waals surface area contributed by atoms with Gasteiger partial charge in [0.2, 0.25) is 5.91 Å². The van der Waals surface area contributed by atoms with Crippen LogP contribution in [0.2, 0.25) is 5.02 Å². The first-order valence-electron chi connectivity index (χ1n) is 7.71. The molecule has 2 amide bonds. The summed E-state index contributed by atoms with van der Waals surface area (Å²) in [7, 11) is 3.15. The van der Waals surface area contributed by atoms with Gasteiger partial charge in [0.15, 0.2) is 5.65 Å². The van der Waals surface area contributed by atoms with Crippen LogP contribution in [0.25, 0.3) is 11.0 Å². The van der Waals surface area contributed by atoms with Crippen molar-refractivity contribution in [2.75, 3.05) is 12.4 Å². The van der Waals surface area contributed by atoms with Gasteiger partial charge in [-0.15, -0.1) is 0 Å². The highest BCUT2D eigenvalue weighted by atomic mass is 79.9. The molecule has 1 aromatic carbocycles. The van der Waals surface area contributed by atoms with Crippen molar-refractivity contribution >= 4 is 56.1 Å². The first-order chi connectivity index (χ1) is 12.8. The fraction of sp³-hybridized carbons (Fsp3) is 0.188. The van der Waals surface area contributed by atoms with Gasteiger partial charge in [0.25, 0.3) is 11.5 Å². The van der Waals surface area contributed by atoms with Crippen molar-refractivity contribution < 1.29 is 9.59 Å². The number of amides is 2. The lowest BCUT2D eigenvalue weighted by Crippen LogP contribution is -2.28. The molecule has 2 aromatic heterocycles. The number of carbonyl (C=O) groups excluding carboxylic acids is 2. The van der Waals surface area contributed by atoms with E-state index in [0.717, 1.165) is 0 Å². The summed E-state index contributed by atoms with van der Waals surface area (Å²) in [6.07, 6.45) is 1.29. The second-order valence-corrected chi connectivity index (χ2v) is 6.77. The predicted octanol–water partition coefficient (Wildman–Crippen LogP) is 1.54. The minimum absolute atomic E-state index is 0.233.